The molecule has 0 fully saturated rings. The summed E-state index contributed by atoms with van der Waals surface area (Å²) in [6.45, 7) is 0.368. The van der Waals surface area contributed by atoms with E-state index in [1.165, 1.54) is 7.11 Å². The molecular formula is C14H15N3O3. The number of carbonyl (C=O) groups is 1. The van der Waals surface area contributed by atoms with Crippen molar-refractivity contribution in [1.82, 2.24) is 10.4 Å². The van der Waals surface area contributed by atoms with Crippen LogP contribution in [0.25, 0.3) is 0 Å². The molecule has 0 aliphatic rings. The highest BCUT2D eigenvalue weighted by atomic mass is 16.5. The van der Waals surface area contributed by atoms with Gasteiger partial charge in [-0.05, 0) is 24.3 Å². The van der Waals surface area contributed by atoms with Gasteiger partial charge < -0.3 is 9.47 Å². The van der Waals surface area contributed by atoms with E-state index < -0.39 is 0 Å². The number of rotatable bonds is 5. The first kappa shape index (κ1) is 13.8. The number of carbonyl (C=O) groups excluding carboxylic acids is 1. The number of benzene rings is 1. The number of hydrogen-bond donors (Lipinski definition) is 2. The molecule has 20 heavy (non-hydrogen) atoms. The Bertz CT molecular complexity index is 587. The fraction of sp³-hybridized carbons (Fsp3) is 0.143. The highest BCUT2D eigenvalue weighted by molar-refractivity contribution is 5.94. The van der Waals surface area contributed by atoms with Gasteiger partial charge in [-0.3, -0.25) is 15.2 Å². The van der Waals surface area contributed by atoms with Crippen molar-refractivity contribution in [1.29, 1.82) is 0 Å². The van der Waals surface area contributed by atoms with Gasteiger partial charge in [0.15, 0.2) is 11.5 Å². The molecule has 1 amide bonds. The van der Waals surface area contributed by atoms with Crippen molar-refractivity contribution in [3.05, 3.63) is 53.9 Å². The zero-order valence-electron chi connectivity index (χ0n) is 11.0. The summed E-state index contributed by atoms with van der Waals surface area (Å²) >= 11 is 0. The normalized spacial score (nSPS) is 9.90. The SMILES string of the molecule is COc1cc(C(=O)NN)ccc1OCc1cccnc1. The topological polar surface area (TPSA) is 86.5 Å². The van der Waals surface area contributed by atoms with Gasteiger partial charge in [-0.1, -0.05) is 6.07 Å². The third-order valence-electron chi connectivity index (χ3n) is 2.67. The zero-order valence-corrected chi connectivity index (χ0v) is 11.0. The average Bonchev–Trinajstić information content (AvgIpc) is 2.53. The van der Waals surface area contributed by atoms with Crippen molar-refractivity contribution < 1.29 is 14.3 Å². The van der Waals surface area contributed by atoms with E-state index in [1.807, 2.05) is 12.1 Å². The number of hydrogen-bond acceptors (Lipinski definition) is 5. The lowest BCUT2D eigenvalue weighted by Crippen LogP contribution is -2.29. The number of aromatic nitrogens is 1. The number of nitrogen functional groups attached to an aromatic ring is 1. The molecule has 0 aliphatic carbocycles. The zero-order chi connectivity index (χ0) is 14.4. The first-order valence-corrected chi connectivity index (χ1v) is 5.95. The van der Waals surface area contributed by atoms with Crippen molar-refractivity contribution in [2.45, 2.75) is 6.61 Å². The van der Waals surface area contributed by atoms with E-state index in [1.54, 1.807) is 30.6 Å². The summed E-state index contributed by atoms with van der Waals surface area (Å²) in [5.41, 5.74) is 3.41. The van der Waals surface area contributed by atoms with Gasteiger partial charge in [0, 0.05) is 23.5 Å². The van der Waals surface area contributed by atoms with Gasteiger partial charge in [-0.15, -0.1) is 0 Å². The van der Waals surface area contributed by atoms with Crippen LogP contribution >= 0.6 is 0 Å². The number of methoxy groups -OCH3 is 1. The van der Waals surface area contributed by atoms with Crippen LogP contribution in [-0.4, -0.2) is 18.0 Å². The molecule has 1 heterocycles. The maximum Gasteiger partial charge on any atom is 0.265 e. The summed E-state index contributed by atoms with van der Waals surface area (Å²) in [7, 11) is 1.51. The fourth-order valence-electron chi connectivity index (χ4n) is 1.66. The lowest BCUT2D eigenvalue weighted by Gasteiger charge is -2.11. The second kappa shape index (κ2) is 6.53. The molecule has 0 bridgehead atoms. The van der Waals surface area contributed by atoms with E-state index in [-0.39, 0.29) is 5.91 Å². The Balaban J connectivity index is 2.13. The molecule has 1 aromatic carbocycles. The van der Waals surface area contributed by atoms with Crippen molar-refractivity contribution in [3.8, 4) is 11.5 Å². The van der Waals surface area contributed by atoms with E-state index in [0.717, 1.165) is 5.56 Å². The van der Waals surface area contributed by atoms with Crippen LogP contribution in [0.5, 0.6) is 11.5 Å². The maximum absolute atomic E-state index is 11.4. The summed E-state index contributed by atoms with van der Waals surface area (Å²) in [5, 5.41) is 0. The van der Waals surface area contributed by atoms with Crippen LogP contribution in [0.4, 0.5) is 0 Å². The van der Waals surface area contributed by atoms with Crippen molar-refractivity contribution in [2.24, 2.45) is 5.84 Å². The summed E-state index contributed by atoms with van der Waals surface area (Å²) in [6, 6.07) is 8.60. The van der Waals surface area contributed by atoms with Gasteiger partial charge in [-0.25, -0.2) is 5.84 Å². The van der Waals surface area contributed by atoms with E-state index in [0.29, 0.717) is 23.7 Å². The maximum atomic E-state index is 11.4. The molecule has 6 nitrogen and oxygen atoms in total. The third-order valence-corrected chi connectivity index (χ3v) is 2.67. The molecule has 3 N–H and O–H groups in total. The van der Waals surface area contributed by atoms with Gasteiger partial charge in [0.05, 0.1) is 7.11 Å². The Morgan fingerprint density at radius 1 is 1.35 bits per heavy atom. The number of ether oxygens (including phenoxy) is 2. The number of amides is 1. The van der Waals surface area contributed by atoms with E-state index in [4.69, 9.17) is 15.3 Å². The van der Waals surface area contributed by atoms with E-state index >= 15 is 0 Å². The quantitative estimate of drug-likeness (QED) is 0.487. The highest BCUT2D eigenvalue weighted by Crippen LogP contribution is 2.28. The van der Waals surface area contributed by atoms with Crippen molar-refractivity contribution in [3.63, 3.8) is 0 Å². The van der Waals surface area contributed by atoms with Gasteiger partial charge >= 0.3 is 0 Å². The van der Waals surface area contributed by atoms with Crippen LogP contribution in [0.15, 0.2) is 42.7 Å². The minimum absolute atomic E-state index is 0.368. The standard InChI is InChI=1S/C14H15N3O3/c1-19-13-7-11(14(18)17-15)4-5-12(13)20-9-10-3-2-6-16-8-10/h2-8H,9,15H2,1H3,(H,17,18). The first-order chi connectivity index (χ1) is 9.74. The van der Waals surface area contributed by atoms with Crippen LogP contribution in [0.1, 0.15) is 15.9 Å². The largest absolute Gasteiger partial charge is 0.493 e. The molecule has 104 valence electrons. The summed E-state index contributed by atoms with van der Waals surface area (Å²) in [5.74, 6) is 5.72. The van der Waals surface area contributed by atoms with Crippen LogP contribution in [0.2, 0.25) is 0 Å². The van der Waals surface area contributed by atoms with Gasteiger partial charge in [0.1, 0.15) is 6.61 Å². The lowest BCUT2D eigenvalue weighted by atomic mass is 10.2. The van der Waals surface area contributed by atoms with Crippen LogP contribution < -0.4 is 20.7 Å². The minimum Gasteiger partial charge on any atom is -0.493 e. The van der Waals surface area contributed by atoms with Crippen LogP contribution in [0.3, 0.4) is 0 Å². The molecule has 0 radical (unpaired) electrons. The molecule has 2 aromatic rings. The molecule has 0 unspecified atom stereocenters. The van der Waals surface area contributed by atoms with Gasteiger partial charge in [0.25, 0.3) is 5.91 Å². The van der Waals surface area contributed by atoms with Crippen LogP contribution in [-0.2, 0) is 6.61 Å². The molecule has 0 aliphatic heterocycles. The smallest absolute Gasteiger partial charge is 0.265 e. The van der Waals surface area contributed by atoms with E-state index in [2.05, 4.69) is 10.4 Å². The van der Waals surface area contributed by atoms with Gasteiger partial charge in [-0.2, -0.15) is 0 Å². The monoisotopic (exact) mass is 273 g/mol. The summed E-state index contributed by atoms with van der Waals surface area (Å²) in [6.07, 6.45) is 3.42. The second-order valence-electron chi connectivity index (χ2n) is 3.99. The average molecular weight is 273 g/mol. The summed E-state index contributed by atoms with van der Waals surface area (Å²) < 4.78 is 10.9. The second-order valence-corrected chi connectivity index (χ2v) is 3.99. The number of pyridine rings is 1. The number of nitrogens with two attached hydrogens (primary N) is 1. The Labute approximate surface area is 116 Å². The minimum atomic E-state index is -0.387. The first-order valence-electron chi connectivity index (χ1n) is 5.95. The number of nitrogens with zero attached hydrogens (tertiary/aromatic N) is 1. The Kier molecular flexibility index (Phi) is 4.52. The molecule has 0 atom stereocenters. The summed E-state index contributed by atoms with van der Waals surface area (Å²) in [4.78, 5) is 15.4. The Morgan fingerprint density at radius 3 is 2.85 bits per heavy atom. The van der Waals surface area contributed by atoms with Gasteiger partial charge in [0.2, 0.25) is 0 Å². The Hall–Kier alpha value is -2.60. The predicted molar refractivity (Wildman–Crippen MR) is 73.2 cm³/mol. The van der Waals surface area contributed by atoms with Crippen molar-refractivity contribution in [2.75, 3.05) is 7.11 Å². The fourth-order valence-corrected chi connectivity index (χ4v) is 1.66. The lowest BCUT2D eigenvalue weighted by molar-refractivity contribution is 0.0953. The van der Waals surface area contributed by atoms with E-state index in [9.17, 15) is 4.79 Å². The predicted octanol–water partition coefficient (Wildman–Crippen LogP) is 1.27. The molecule has 0 saturated carbocycles. The number of hydrazine groups is 1. The van der Waals surface area contributed by atoms with Crippen molar-refractivity contribution >= 4 is 5.91 Å². The molecule has 0 saturated heterocycles. The van der Waals surface area contributed by atoms with Crippen LogP contribution in [0, 0.1) is 0 Å². The third kappa shape index (κ3) is 3.24. The Morgan fingerprint density at radius 2 is 2.20 bits per heavy atom. The number of nitrogens with one attached hydrogen (secondary N) is 1. The molecular weight excluding hydrogens is 258 g/mol. The molecule has 6 heteroatoms. The molecule has 1 aromatic heterocycles. The highest BCUT2D eigenvalue weighted by Gasteiger charge is 2.10. The molecule has 2 rings (SSSR count). The molecule has 0 spiro atoms.